The summed E-state index contributed by atoms with van der Waals surface area (Å²) < 4.78 is 0. The van der Waals surface area contributed by atoms with Crippen molar-refractivity contribution in [2.75, 3.05) is 11.5 Å². The van der Waals surface area contributed by atoms with E-state index in [1.54, 1.807) is 0 Å². The number of benzene rings is 2. The first-order chi connectivity index (χ1) is 14.5. The molecule has 7 heteroatoms. The molecule has 5 N–H and O–H groups in total. The monoisotopic (exact) mass is 413 g/mol. The van der Waals surface area contributed by atoms with Gasteiger partial charge >= 0.3 is 0 Å². The molecule has 4 rings (SSSR count). The van der Waals surface area contributed by atoms with E-state index in [0.29, 0.717) is 26.3 Å². The number of nitrogen functional groups attached to an aromatic ring is 2. The quantitative estimate of drug-likeness (QED) is 0.455. The molecule has 1 amide bonds. The van der Waals surface area contributed by atoms with Crippen molar-refractivity contribution in [1.82, 2.24) is 10.3 Å². The number of nitrogens with two attached hydrogens (primary N) is 2. The van der Waals surface area contributed by atoms with Crippen LogP contribution in [-0.4, -0.2) is 10.9 Å². The van der Waals surface area contributed by atoms with Crippen molar-refractivity contribution in [3.63, 3.8) is 0 Å². The second kappa shape index (κ2) is 7.85. The Hall–Kier alpha value is -3.89. The molecule has 0 aliphatic rings. The Bertz CT molecular complexity index is 1280. The maximum absolute atomic E-state index is 13.0. The second-order valence-corrected chi connectivity index (χ2v) is 7.85. The Morgan fingerprint density at radius 2 is 1.73 bits per heavy atom. The Labute approximate surface area is 177 Å². The molecule has 4 aromatic rings. The van der Waals surface area contributed by atoms with Gasteiger partial charge in [0.1, 0.15) is 27.2 Å². The zero-order valence-electron chi connectivity index (χ0n) is 16.2. The van der Waals surface area contributed by atoms with Gasteiger partial charge in [-0.2, -0.15) is 5.26 Å². The summed E-state index contributed by atoms with van der Waals surface area (Å²) in [6.07, 6.45) is 0. The molecular formula is C23H19N5OS. The molecule has 0 saturated carbocycles. The summed E-state index contributed by atoms with van der Waals surface area (Å²) in [5, 5.41) is 13.2. The van der Waals surface area contributed by atoms with Crippen molar-refractivity contribution in [1.29, 1.82) is 5.26 Å². The average Bonchev–Trinajstić information content (AvgIpc) is 3.09. The third-order valence-corrected chi connectivity index (χ3v) is 6.03. The summed E-state index contributed by atoms with van der Waals surface area (Å²) in [6, 6.07) is 21.0. The number of fused-ring (bicyclic) bond motifs is 1. The van der Waals surface area contributed by atoms with Crippen molar-refractivity contribution in [2.45, 2.75) is 13.0 Å². The van der Waals surface area contributed by atoms with Gasteiger partial charge in [-0.15, -0.1) is 11.3 Å². The highest BCUT2D eigenvalue weighted by Crippen LogP contribution is 2.42. The fraction of sp³-hybridized carbons (Fsp3) is 0.0870. The summed E-state index contributed by atoms with van der Waals surface area (Å²) in [5.74, 6) is -0.169. The number of amides is 1. The lowest BCUT2D eigenvalue weighted by Crippen LogP contribution is -2.26. The lowest BCUT2D eigenvalue weighted by molar-refractivity contribution is 0.0945. The van der Waals surface area contributed by atoms with Crippen molar-refractivity contribution >= 4 is 39.0 Å². The number of carbonyl (C=O) groups is 1. The highest BCUT2D eigenvalue weighted by Gasteiger charge is 2.24. The molecule has 0 bridgehead atoms. The first-order valence-corrected chi connectivity index (χ1v) is 10.2. The molecule has 0 aliphatic heterocycles. The molecule has 1 atom stereocenters. The zero-order valence-corrected chi connectivity index (χ0v) is 17.0. The van der Waals surface area contributed by atoms with Crippen molar-refractivity contribution in [3.8, 4) is 17.2 Å². The van der Waals surface area contributed by atoms with Crippen LogP contribution < -0.4 is 16.8 Å². The first-order valence-electron chi connectivity index (χ1n) is 9.34. The van der Waals surface area contributed by atoms with Gasteiger partial charge in [-0.3, -0.25) is 4.79 Å². The summed E-state index contributed by atoms with van der Waals surface area (Å²) in [4.78, 5) is 18.2. The van der Waals surface area contributed by atoms with Crippen LogP contribution in [0.3, 0.4) is 0 Å². The van der Waals surface area contributed by atoms with E-state index < -0.39 is 0 Å². The minimum Gasteiger partial charge on any atom is -0.397 e. The van der Waals surface area contributed by atoms with Crippen molar-refractivity contribution < 1.29 is 4.79 Å². The van der Waals surface area contributed by atoms with Crippen LogP contribution in [-0.2, 0) is 0 Å². The van der Waals surface area contributed by atoms with E-state index in [0.717, 1.165) is 11.1 Å². The van der Waals surface area contributed by atoms with Gasteiger partial charge in [-0.05, 0) is 18.1 Å². The number of anilines is 2. The van der Waals surface area contributed by atoms with Crippen molar-refractivity contribution in [2.24, 2.45) is 0 Å². The lowest BCUT2D eigenvalue weighted by atomic mass is 9.97. The third-order valence-electron chi connectivity index (χ3n) is 4.93. The van der Waals surface area contributed by atoms with Crippen LogP contribution in [0.25, 0.3) is 21.3 Å². The van der Waals surface area contributed by atoms with Crippen LogP contribution in [0.5, 0.6) is 0 Å². The van der Waals surface area contributed by atoms with Crippen LogP contribution in [0.15, 0.2) is 60.7 Å². The van der Waals surface area contributed by atoms with Crippen molar-refractivity contribution in [3.05, 3.63) is 76.7 Å². The van der Waals surface area contributed by atoms with Gasteiger partial charge in [0.2, 0.25) is 0 Å². The maximum Gasteiger partial charge on any atom is 0.264 e. The van der Waals surface area contributed by atoms with Gasteiger partial charge in [0, 0.05) is 10.9 Å². The van der Waals surface area contributed by atoms with E-state index in [4.69, 9.17) is 11.5 Å². The van der Waals surface area contributed by atoms with Crippen LogP contribution in [0.1, 0.15) is 33.8 Å². The normalized spacial score (nSPS) is 11.7. The number of hydrogen-bond acceptors (Lipinski definition) is 6. The van der Waals surface area contributed by atoms with E-state index in [9.17, 15) is 10.1 Å². The predicted molar refractivity (Wildman–Crippen MR) is 121 cm³/mol. The molecule has 0 fully saturated rings. The lowest BCUT2D eigenvalue weighted by Gasteiger charge is -2.14. The number of nitrogens with zero attached hydrogens (tertiary/aromatic N) is 2. The average molecular weight is 414 g/mol. The van der Waals surface area contributed by atoms with Gasteiger partial charge in [0.15, 0.2) is 0 Å². The van der Waals surface area contributed by atoms with Gasteiger partial charge in [-0.1, -0.05) is 60.7 Å². The summed E-state index contributed by atoms with van der Waals surface area (Å²) in [5.41, 5.74) is 15.4. The number of pyridine rings is 1. The highest BCUT2D eigenvalue weighted by atomic mass is 32.1. The number of rotatable bonds is 4. The van der Waals surface area contributed by atoms with E-state index in [2.05, 4.69) is 16.4 Å². The molecule has 0 aliphatic carbocycles. The van der Waals surface area contributed by atoms with Crippen LogP contribution in [0.4, 0.5) is 11.5 Å². The number of hydrogen-bond donors (Lipinski definition) is 3. The molecule has 148 valence electrons. The topological polar surface area (TPSA) is 118 Å². The number of thiophene rings is 1. The number of aromatic nitrogens is 1. The van der Waals surface area contributed by atoms with E-state index in [1.165, 1.54) is 11.3 Å². The van der Waals surface area contributed by atoms with Crippen LogP contribution in [0.2, 0.25) is 0 Å². The number of nitrogens with one attached hydrogen (secondary N) is 1. The third kappa shape index (κ3) is 3.34. The van der Waals surface area contributed by atoms with Gasteiger partial charge in [0.05, 0.1) is 11.7 Å². The Kier molecular flexibility index (Phi) is 5.09. The van der Waals surface area contributed by atoms with Gasteiger partial charge in [0.25, 0.3) is 5.91 Å². The fourth-order valence-corrected chi connectivity index (χ4v) is 4.45. The molecule has 0 spiro atoms. The minimum atomic E-state index is -0.289. The highest BCUT2D eigenvalue weighted by molar-refractivity contribution is 7.21. The Morgan fingerprint density at radius 1 is 1.10 bits per heavy atom. The smallest absolute Gasteiger partial charge is 0.264 e. The van der Waals surface area contributed by atoms with Gasteiger partial charge in [-0.25, -0.2) is 4.98 Å². The van der Waals surface area contributed by atoms with Crippen LogP contribution in [0, 0.1) is 11.3 Å². The molecule has 2 aromatic heterocycles. The minimum absolute atomic E-state index is 0.120. The molecule has 0 saturated heterocycles. The fourth-order valence-electron chi connectivity index (χ4n) is 3.43. The molecule has 0 radical (unpaired) electrons. The van der Waals surface area contributed by atoms with Gasteiger partial charge < -0.3 is 16.8 Å². The zero-order chi connectivity index (χ0) is 21.3. The predicted octanol–water partition coefficient (Wildman–Crippen LogP) is 4.49. The Morgan fingerprint density at radius 3 is 2.37 bits per heavy atom. The maximum atomic E-state index is 13.0. The molecule has 30 heavy (non-hydrogen) atoms. The molecule has 1 unspecified atom stereocenters. The largest absolute Gasteiger partial charge is 0.397 e. The molecular weight excluding hydrogens is 394 g/mol. The van der Waals surface area contributed by atoms with E-state index in [-0.39, 0.29) is 23.3 Å². The number of nitriles is 1. The molecule has 2 aromatic carbocycles. The second-order valence-electron chi connectivity index (χ2n) is 6.86. The molecule has 2 heterocycles. The Balaban J connectivity index is 1.83. The standard InChI is InChI=1S/C23H19N5OS/c1-13(14-8-4-2-5-9-14)27-22(29)20-19(25)18-17(15-10-6-3-7-11-15)16(12-24)21(26)28-23(18)30-20/h2-11,13H,25H2,1H3,(H2,26,28)(H,27,29). The summed E-state index contributed by atoms with van der Waals surface area (Å²) >= 11 is 1.17. The summed E-state index contributed by atoms with van der Waals surface area (Å²) in [6.45, 7) is 1.91. The van der Waals surface area contributed by atoms with E-state index in [1.807, 2.05) is 67.6 Å². The SMILES string of the molecule is CC(NC(=O)c1sc2nc(N)c(C#N)c(-c3ccccc3)c2c1N)c1ccccc1. The van der Waals surface area contributed by atoms with E-state index >= 15 is 0 Å². The van der Waals surface area contributed by atoms with Crippen LogP contribution >= 0.6 is 11.3 Å². The molecule has 6 nitrogen and oxygen atoms in total. The summed E-state index contributed by atoms with van der Waals surface area (Å²) in [7, 11) is 0. The first kappa shape index (κ1) is 19.4. The number of carbonyl (C=O) groups excluding carboxylic acids is 1.